The van der Waals surface area contributed by atoms with E-state index in [4.69, 9.17) is 16.3 Å². The van der Waals surface area contributed by atoms with E-state index >= 15 is 0 Å². The van der Waals surface area contributed by atoms with Crippen molar-refractivity contribution in [2.24, 2.45) is 0 Å². The van der Waals surface area contributed by atoms with Gasteiger partial charge in [-0.3, -0.25) is 0 Å². The van der Waals surface area contributed by atoms with Crippen LogP contribution in [-0.4, -0.2) is 11.5 Å². The van der Waals surface area contributed by atoms with Crippen LogP contribution in [0.3, 0.4) is 0 Å². The van der Waals surface area contributed by atoms with Gasteiger partial charge in [-0.2, -0.15) is 0 Å². The number of halogens is 1. The number of rotatable bonds is 3. The van der Waals surface area contributed by atoms with Gasteiger partial charge in [0.2, 0.25) is 0 Å². The zero-order valence-corrected chi connectivity index (χ0v) is 11.3. The summed E-state index contributed by atoms with van der Waals surface area (Å²) in [6.07, 6.45) is 9.80. The average molecular weight is 263 g/mol. The smallest absolute Gasteiger partial charge is 0.120 e. The number of ether oxygens (including phenoxy) is 1. The van der Waals surface area contributed by atoms with Gasteiger partial charge in [-0.25, -0.2) is 0 Å². The van der Waals surface area contributed by atoms with Crippen molar-refractivity contribution in [3.05, 3.63) is 35.9 Å². The van der Waals surface area contributed by atoms with Gasteiger partial charge in [-0.05, 0) is 55.4 Å². The first kappa shape index (κ1) is 12.1. The van der Waals surface area contributed by atoms with Crippen molar-refractivity contribution in [2.75, 3.05) is 0 Å². The molecule has 1 atom stereocenters. The summed E-state index contributed by atoms with van der Waals surface area (Å²) in [7, 11) is 0. The number of alkyl halides is 1. The highest BCUT2D eigenvalue weighted by Gasteiger charge is 2.23. The van der Waals surface area contributed by atoms with Crippen LogP contribution in [0.25, 0.3) is 5.57 Å². The third kappa shape index (κ3) is 3.08. The van der Waals surface area contributed by atoms with Crippen molar-refractivity contribution in [3.63, 3.8) is 0 Å². The molecule has 0 spiro atoms. The first-order chi connectivity index (χ1) is 8.81. The molecular formula is C16H19ClO. The Morgan fingerprint density at radius 2 is 2.00 bits per heavy atom. The molecule has 0 radical (unpaired) electrons. The summed E-state index contributed by atoms with van der Waals surface area (Å²) in [6, 6.07) is 8.47. The minimum absolute atomic E-state index is 0.190. The largest absolute Gasteiger partial charge is 0.490 e. The van der Waals surface area contributed by atoms with E-state index in [1.54, 1.807) is 0 Å². The van der Waals surface area contributed by atoms with E-state index < -0.39 is 0 Å². The molecule has 96 valence electrons. The molecule has 0 amide bonds. The van der Waals surface area contributed by atoms with Gasteiger partial charge >= 0.3 is 0 Å². The van der Waals surface area contributed by atoms with Gasteiger partial charge in [0, 0.05) is 0 Å². The van der Waals surface area contributed by atoms with Crippen LogP contribution in [0.1, 0.15) is 44.1 Å². The Morgan fingerprint density at radius 1 is 1.11 bits per heavy atom. The lowest BCUT2D eigenvalue weighted by atomic mass is 10.0. The molecule has 1 unspecified atom stereocenters. The summed E-state index contributed by atoms with van der Waals surface area (Å²) in [5, 5.41) is 0.190. The van der Waals surface area contributed by atoms with E-state index in [1.165, 1.54) is 36.8 Å². The molecule has 1 saturated carbocycles. The predicted octanol–water partition coefficient (Wildman–Crippen LogP) is 4.79. The Balaban J connectivity index is 1.81. The molecule has 2 aliphatic carbocycles. The van der Waals surface area contributed by atoms with Crippen LogP contribution in [0.15, 0.2) is 30.3 Å². The maximum atomic E-state index is 6.29. The van der Waals surface area contributed by atoms with Gasteiger partial charge in [0.05, 0.1) is 11.5 Å². The van der Waals surface area contributed by atoms with Gasteiger partial charge in [0.1, 0.15) is 5.75 Å². The first-order valence-corrected chi connectivity index (χ1v) is 7.37. The van der Waals surface area contributed by atoms with Crippen LogP contribution in [0, 0.1) is 0 Å². The van der Waals surface area contributed by atoms with Crippen molar-refractivity contribution in [1.82, 2.24) is 0 Å². The molecular weight excluding hydrogens is 244 g/mol. The van der Waals surface area contributed by atoms with Crippen LogP contribution >= 0.6 is 11.6 Å². The lowest BCUT2D eigenvalue weighted by Crippen LogP contribution is -1.96. The second-order valence-corrected chi connectivity index (χ2v) is 5.86. The van der Waals surface area contributed by atoms with E-state index in [0.717, 1.165) is 18.6 Å². The monoisotopic (exact) mass is 262 g/mol. The molecule has 1 fully saturated rings. The molecule has 0 aromatic heterocycles. The van der Waals surface area contributed by atoms with Gasteiger partial charge in [-0.1, -0.05) is 24.6 Å². The fraction of sp³-hybridized carbons (Fsp3) is 0.500. The minimum Gasteiger partial charge on any atom is -0.490 e. The van der Waals surface area contributed by atoms with Gasteiger partial charge in [-0.15, -0.1) is 11.6 Å². The van der Waals surface area contributed by atoms with Crippen LogP contribution in [0.4, 0.5) is 0 Å². The zero-order chi connectivity index (χ0) is 12.4. The third-order valence-corrected chi connectivity index (χ3v) is 3.93. The van der Waals surface area contributed by atoms with E-state index in [1.807, 2.05) is 0 Å². The molecule has 2 aliphatic rings. The average Bonchev–Trinajstić information content (AvgIpc) is 3.18. The number of hydrogen-bond acceptors (Lipinski definition) is 1. The highest BCUT2D eigenvalue weighted by Crippen LogP contribution is 2.32. The number of allylic oxidation sites excluding steroid dienone is 2. The van der Waals surface area contributed by atoms with Crippen molar-refractivity contribution < 1.29 is 4.74 Å². The first-order valence-electron chi connectivity index (χ1n) is 6.93. The zero-order valence-electron chi connectivity index (χ0n) is 10.6. The molecule has 1 aromatic carbocycles. The topological polar surface area (TPSA) is 9.23 Å². The second-order valence-electron chi connectivity index (χ2n) is 5.30. The fourth-order valence-corrected chi connectivity index (χ4v) is 2.73. The molecule has 1 aromatic rings. The summed E-state index contributed by atoms with van der Waals surface area (Å²) in [6.45, 7) is 0. The van der Waals surface area contributed by atoms with Crippen molar-refractivity contribution in [1.29, 1.82) is 0 Å². The summed E-state index contributed by atoms with van der Waals surface area (Å²) >= 11 is 6.29. The summed E-state index contributed by atoms with van der Waals surface area (Å²) < 4.78 is 5.85. The van der Waals surface area contributed by atoms with Crippen molar-refractivity contribution in [3.8, 4) is 5.75 Å². The summed E-state index contributed by atoms with van der Waals surface area (Å²) in [5.74, 6) is 1.01. The Morgan fingerprint density at radius 3 is 2.83 bits per heavy atom. The molecule has 18 heavy (non-hydrogen) atoms. The Hall–Kier alpha value is -0.950. The van der Waals surface area contributed by atoms with Crippen molar-refractivity contribution in [2.45, 2.75) is 50.0 Å². The number of hydrogen-bond donors (Lipinski definition) is 0. The Labute approximate surface area is 114 Å². The summed E-state index contributed by atoms with van der Waals surface area (Å²) in [4.78, 5) is 0. The highest BCUT2D eigenvalue weighted by atomic mass is 35.5. The molecule has 0 N–H and O–H groups in total. The van der Waals surface area contributed by atoms with E-state index in [0.29, 0.717) is 6.10 Å². The van der Waals surface area contributed by atoms with Gasteiger partial charge < -0.3 is 4.74 Å². The number of benzene rings is 1. The lowest BCUT2D eigenvalue weighted by Gasteiger charge is -2.09. The summed E-state index contributed by atoms with van der Waals surface area (Å²) in [5.41, 5.74) is 2.66. The second kappa shape index (κ2) is 5.36. The quantitative estimate of drug-likeness (QED) is 0.712. The minimum atomic E-state index is 0.190. The SMILES string of the molecule is ClC1C=C(c2cccc(OC3CC3)c2)CCCC1. The van der Waals surface area contributed by atoms with Crippen LogP contribution in [0.2, 0.25) is 0 Å². The molecule has 1 nitrogen and oxygen atoms in total. The fourth-order valence-electron chi connectivity index (χ4n) is 2.43. The highest BCUT2D eigenvalue weighted by molar-refractivity contribution is 6.22. The van der Waals surface area contributed by atoms with Crippen LogP contribution < -0.4 is 4.74 Å². The normalized spacial score (nSPS) is 24.3. The standard InChI is InChI=1S/C16H19ClO/c17-14-6-2-1-4-12(10-14)13-5-3-7-16(11-13)18-15-8-9-15/h3,5,7,10-11,14-15H,1-2,4,6,8-9H2. The third-order valence-electron chi connectivity index (χ3n) is 3.59. The maximum absolute atomic E-state index is 6.29. The molecule has 0 aliphatic heterocycles. The predicted molar refractivity (Wildman–Crippen MR) is 76.2 cm³/mol. The van der Waals surface area contributed by atoms with E-state index in [9.17, 15) is 0 Å². The van der Waals surface area contributed by atoms with Crippen LogP contribution in [-0.2, 0) is 0 Å². The lowest BCUT2D eigenvalue weighted by molar-refractivity contribution is 0.303. The molecule has 0 saturated heterocycles. The van der Waals surface area contributed by atoms with Gasteiger partial charge in [0.15, 0.2) is 0 Å². The van der Waals surface area contributed by atoms with E-state index in [-0.39, 0.29) is 5.38 Å². The van der Waals surface area contributed by atoms with Crippen LogP contribution in [0.5, 0.6) is 5.75 Å². The Kier molecular flexibility index (Phi) is 3.60. The Bertz CT molecular complexity index is 448. The van der Waals surface area contributed by atoms with E-state index in [2.05, 4.69) is 30.3 Å². The molecule has 0 heterocycles. The molecule has 2 heteroatoms. The van der Waals surface area contributed by atoms with Crippen molar-refractivity contribution >= 4 is 17.2 Å². The maximum Gasteiger partial charge on any atom is 0.120 e. The molecule has 3 rings (SSSR count). The molecule has 0 bridgehead atoms. The van der Waals surface area contributed by atoms with Gasteiger partial charge in [0.25, 0.3) is 0 Å².